The number of aliphatic hydroxyl groups excluding tert-OH is 1. The Balaban J connectivity index is 1.61. The lowest BCUT2D eigenvalue weighted by Crippen LogP contribution is -2.31. The molecule has 146 valence electrons. The molecule has 1 aliphatic rings. The lowest BCUT2D eigenvalue weighted by Gasteiger charge is -2.27. The number of rotatable bonds is 6. The van der Waals surface area contributed by atoms with Crippen LogP contribution in [0.2, 0.25) is 0 Å². The summed E-state index contributed by atoms with van der Waals surface area (Å²) >= 11 is 1.55. The minimum Gasteiger partial charge on any atom is -0.388 e. The van der Waals surface area contributed by atoms with Crippen molar-refractivity contribution in [3.05, 3.63) is 65.7 Å². The summed E-state index contributed by atoms with van der Waals surface area (Å²) in [6, 6.07) is 18.2. The molecule has 0 amide bonds. The van der Waals surface area contributed by atoms with Gasteiger partial charge in [-0.05, 0) is 43.9 Å². The number of thioether (sulfide) groups is 1. The van der Waals surface area contributed by atoms with Gasteiger partial charge < -0.3 is 10.0 Å². The molecule has 5 nitrogen and oxygen atoms in total. The maximum Gasteiger partial charge on any atom is 0.232 e. The fourth-order valence-corrected chi connectivity index (χ4v) is 4.41. The van der Waals surface area contributed by atoms with Gasteiger partial charge in [0.2, 0.25) is 5.95 Å². The zero-order valence-electron chi connectivity index (χ0n) is 16.2. The predicted octanol–water partition coefficient (Wildman–Crippen LogP) is 4.39. The smallest absolute Gasteiger partial charge is 0.232 e. The molecule has 1 atom stereocenters. The standard InChI is InChI=1S/C22H26N4OS/c1-17-10-12-19(13-11-17)26-21(25-14-6-3-7-15-25)23-24-22(26)28-16-20(27)18-8-4-2-5-9-18/h2,4-5,8-13,20,27H,3,6-7,14-16H2,1H3/t20-/m0/s1. The second-order valence-electron chi connectivity index (χ2n) is 7.24. The highest BCUT2D eigenvalue weighted by Gasteiger charge is 2.22. The van der Waals surface area contributed by atoms with Gasteiger partial charge in [0.25, 0.3) is 0 Å². The normalized spacial score (nSPS) is 15.6. The summed E-state index contributed by atoms with van der Waals surface area (Å²) in [5.74, 6) is 1.44. The van der Waals surface area contributed by atoms with Crippen LogP contribution in [-0.4, -0.2) is 38.7 Å². The molecule has 0 bridgehead atoms. The minimum atomic E-state index is -0.534. The fraction of sp³-hybridized carbons (Fsp3) is 0.364. The van der Waals surface area contributed by atoms with E-state index in [4.69, 9.17) is 0 Å². The van der Waals surface area contributed by atoms with Gasteiger partial charge in [-0.15, -0.1) is 10.2 Å². The zero-order chi connectivity index (χ0) is 19.3. The van der Waals surface area contributed by atoms with Gasteiger partial charge in [0.1, 0.15) is 0 Å². The third kappa shape index (κ3) is 4.23. The molecule has 0 unspecified atom stereocenters. The van der Waals surface area contributed by atoms with Crippen molar-refractivity contribution in [3.63, 3.8) is 0 Å². The molecule has 6 heteroatoms. The number of aryl methyl sites for hydroxylation is 1. The lowest BCUT2D eigenvalue weighted by molar-refractivity contribution is 0.204. The van der Waals surface area contributed by atoms with E-state index in [1.807, 2.05) is 30.3 Å². The molecular formula is C22H26N4OS. The Morgan fingerprint density at radius 2 is 1.68 bits per heavy atom. The van der Waals surface area contributed by atoms with E-state index in [0.717, 1.165) is 35.4 Å². The van der Waals surface area contributed by atoms with Gasteiger partial charge in [0.05, 0.1) is 11.8 Å². The van der Waals surface area contributed by atoms with Gasteiger partial charge in [-0.1, -0.05) is 59.8 Å². The molecule has 1 fully saturated rings. The van der Waals surface area contributed by atoms with Crippen LogP contribution in [0.5, 0.6) is 0 Å². The molecule has 0 radical (unpaired) electrons. The van der Waals surface area contributed by atoms with E-state index >= 15 is 0 Å². The van der Waals surface area contributed by atoms with Crippen LogP contribution in [0.1, 0.15) is 36.5 Å². The van der Waals surface area contributed by atoms with Crippen molar-refractivity contribution in [2.75, 3.05) is 23.7 Å². The maximum absolute atomic E-state index is 10.5. The number of anilines is 1. The van der Waals surface area contributed by atoms with Crippen LogP contribution in [0.25, 0.3) is 5.69 Å². The third-order valence-electron chi connectivity index (χ3n) is 5.10. The summed E-state index contributed by atoms with van der Waals surface area (Å²) in [7, 11) is 0. The highest BCUT2D eigenvalue weighted by molar-refractivity contribution is 7.99. The van der Waals surface area contributed by atoms with Gasteiger partial charge in [0.15, 0.2) is 5.16 Å². The fourth-order valence-electron chi connectivity index (χ4n) is 3.50. The van der Waals surface area contributed by atoms with E-state index in [1.165, 1.54) is 24.8 Å². The average Bonchev–Trinajstić information content (AvgIpc) is 3.18. The highest BCUT2D eigenvalue weighted by Crippen LogP contribution is 2.30. The van der Waals surface area contributed by atoms with Crippen molar-refractivity contribution in [2.24, 2.45) is 0 Å². The molecular weight excluding hydrogens is 368 g/mol. The first-order valence-electron chi connectivity index (χ1n) is 9.85. The van der Waals surface area contributed by atoms with E-state index in [1.54, 1.807) is 11.8 Å². The Labute approximate surface area is 170 Å². The van der Waals surface area contributed by atoms with Crippen LogP contribution in [0.4, 0.5) is 5.95 Å². The molecule has 2 heterocycles. The van der Waals surface area contributed by atoms with E-state index < -0.39 is 6.10 Å². The second kappa shape index (κ2) is 8.80. The molecule has 0 aliphatic carbocycles. The molecule has 0 saturated carbocycles. The topological polar surface area (TPSA) is 54.2 Å². The molecule has 1 saturated heterocycles. The zero-order valence-corrected chi connectivity index (χ0v) is 17.0. The van der Waals surface area contributed by atoms with Crippen LogP contribution in [-0.2, 0) is 0 Å². The summed E-state index contributed by atoms with van der Waals surface area (Å²) in [6.45, 7) is 4.12. The number of piperidine rings is 1. The van der Waals surface area contributed by atoms with E-state index in [-0.39, 0.29) is 0 Å². The van der Waals surface area contributed by atoms with Crippen LogP contribution in [0.3, 0.4) is 0 Å². The van der Waals surface area contributed by atoms with Crippen LogP contribution in [0, 0.1) is 6.92 Å². The van der Waals surface area contributed by atoms with Crippen molar-refractivity contribution in [1.29, 1.82) is 0 Å². The number of benzene rings is 2. The molecule has 28 heavy (non-hydrogen) atoms. The number of aliphatic hydroxyl groups is 1. The molecule has 1 aromatic heterocycles. The van der Waals surface area contributed by atoms with E-state index in [9.17, 15) is 5.11 Å². The Bertz CT molecular complexity index is 889. The Morgan fingerprint density at radius 3 is 2.39 bits per heavy atom. The van der Waals surface area contributed by atoms with Crippen LogP contribution >= 0.6 is 11.8 Å². The Kier molecular flexibility index (Phi) is 5.98. The second-order valence-corrected chi connectivity index (χ2v) is 8.23. The number of aromatic nitrogens is 3. The van der Waals surface area contributed by atoms with Crippen molar-refractivity contribution in [2.45, 2.75) is 37.4 Å². The molecule has 1 aliphatic heterocycles. The third-order valence-corrected chi connectivity index (χ3v) is 6.11. The van der Waals surface area contributed by atoms with Crippen molar-refractivity contribution < 1.29 is 5.11 Å². The van der Waals surface area contributed by atoms with Crippen molar-refractivity contribution >= 4 is 17.7 Å². The number of nitrogens with zero attached hydrogens (tertiary/aromatic N) is 4. The molecule has 2 aromatic carbocycles. The largest absolute Gasteiger partial charge is 0.388 e. The average molecular weight is 395 g/mol. The monoisotopic (exact) mass is 394 g/mol. The van der Waals surface area contributed by atoms with Crippen molar-refractivity contribution in [3.8, 4) is 5.69 Å². The summed E-state index contributed by atoms with van der Waals surface area (Å²) in [4.78, 5) is 2.33. The van der Waals surface area contributed by atoms with Crippen LogP contribution in [0.15, 0.2) is 59.8 Å². The quantitative estimate of drug-likeness (QED) is 0.629. The van der Waals surface area contributed by atoms with E-state index in [0.29, 0.717) is 5.75 Å². The lowest BCUT2D eigenvalue weighted by atomic mass is 10.1. The van der Waals surface area contributed by atoms with Gasteiger partial charge in [0, 0.05) is 18.8 Å². The van der Waals surface area contributed by atoms with Gasteiger partial charge in [-0.25, -0.2) is 0 Å². The Hall–Kier alpha value is -2.31. The molecule has 1 N–H and O–H groups in total. The first-order chi connectivity index (χ1) is 13.7. The van der Waals surface area contributed by atoms with E-state index in [2.05, 4.69) is 50.9 Å². The SMILES string of the molecule is Cc1ccc(-n2c(SC[C@H](O)c3ccccc3)nnc2N2CCCCC2)cc1. The first kappa shape index (κ1) is 19.0. The number of hydrogen-bond acceptors (Lipinski definition) is 5. The van der Waals surface area contributed by atoms with Gasteiger partial charge in [-0.3, -0.25) is 4.57 Å². The molecule has 3 aromatic rings. The molecule has 4 rings (SSSR count). The summed E-state index contributed by atoms with van der Waals surface area (Å²) in [5, 5.41) is 20.4. The Morgan fingerprint density at radius 1 is 0.964 bits per heavy atom. The number of hydrogen-bond donors (Lipinski definition) is 1. The van der Waals surface area contributed by atoms with Crippen LogP contribution < -0.4 is 4.90 Å². The highest BCUT2D eigenvalue weighted by atomic mass is 32.2. The molecule has 0 spiro atoms. The minimum absolute atomic E-state index is 0.534. The first-order valence-corrected chi connectivity index (χ1v) is 10.8. The summed E-state index contributed by atoms with van der Waals surface area (Å²) < 4.78 is 2.13. The maximum atomic E-state index is 10.5. The van der Waals surface area contributed by atoms with Gasteiger partial charge in [-0.2, -0.15) is 0 Å². The summed E-state index contributed by atoms with van der Waals surface area (Å²) in [5.41, 5.74) is 3.21. The van der Waals surface area contributed by atoms with Crippen molar-refractivity contribution in [1.82, 2.24) is 14.8 Å². The predicted molar refractivity (Wildman–Crippen MR) is 114 cm³/mol. The summed E-state index contributed by atoms with van der Waals surface area (Å²) in [6.07, 6.45) is 3.12. The van der Waals surface area contributed by atoms with Gasteiger partial charge >= 0.3 is 0 Å².